The number of hydrogen-bond acceptors (Lipinski definition) is 2. The summed E-state index contributed by atoms with van der Waals surface area (Å²) in [5.74, 6) is -1.11. The van der Waals surface area contributed by atoms with Crippen LogP contribution in [0.1, 0.15) is 32.3 Å². The average molecular weight is 270 g/mol. The Labute approximate surface area is 112 Å². The second-order valence-electron chi connectivity index (χ2n) is 5.49. The predicted octanol–water partition coefficient (Wildman–Crippen LogP) is 3.75. The molecule has 2 rings (SSSR count). The monoisotopic (exact) mass is 270 g/mol. The highest BCUT2D eigenvalue weighted by Crippen LogP contribution is 2.42. The molecule has 1 aliphatic heterocycles. The van der Waals surface area contributed by atoms with Gasteiger partial charge in [0, 0.05) is 11.5 Å². The second-order valence-corrected chi connectivity index (χ2v) is 5.49. The minimum absolute atomic E-state index is 0.00450. The Balaban J connectivity index is 2.36. The SMILES string of the molecule is COc1c([C@H]2CO[C@H](C(C)C)[C@H]2C)ccc(F)c1F. The molecule has 0 bridgehead atoms. The lowest BCUT2D eigenvalue weighted by Gasteiger charge is -2.22. The smallest absolute Gasteiger partial charge is 0.200 e. The molecule has 1 aliphatic rings. The first-order valence-corrected chi connectivity index (χ1v) is 6.60. The van der Waals surface area contributed by atoms with Crippen LogP contribution >= 0.6 is 0 Å². The van der Waals surface area contributed by atoms with E-state index < -0.39 is 11.6 Å². The van der Waals surface area contributed by atoms with Crippen LogP contribution in [-0.4, -0.2) is 19.8 Å². The van der Waals surface area contributed by atoms with Crippen LogP contribution in [0.25, 0.3) is 0 Å². The largest absolute Gasteiger partial charge is 0.493 e. The fourth-order valence-corrected chi connectivity index (χ4v) is 2.97. The highest BCUT2D eigenvalue weighted by molar-refractivity contribution is 5.39. The van der Waals surface area contributed by atoms with E-state index >= 15 is 0 Å². The number of methoxy groups -OCH3 is 1. The molecule has 3 atom stereocenters. The lowest BCUT2D eigenvalue weighted by molar-refractivity contribution is 0.0576. The van der Waals surface area contributed by atoms with Gasteiger partial charge in [-0.15, -0.1) is 0 Å². The fourth-order valence-electron chi connectivity index (χ4n) is 2.97. The zero-order valence-corrected chi connectivity index (χ0v) is 11.7. The van der Waals surface area contributed by atoms with Crippen molar-refractivity contribution in [3.63, 3.8) is 0 Å². The van der Waals surface area contributed by atoms with Crippen LogP contribution in [0.5, 0.6) is 5.75 Å². The number of ether oxygens (including phenoxy) is 2. The molecule has 0 aromatic heterocycles. The number of hydrogen-bond donors (Lipinski definition) is 0. The van der Waals surface area contributed by atoms with E-state index in [9.17, 15) is 8.78 Å². The lowest BCUT2D eigenvalue weighted by Crippen LogP contribution is -2.22. The summed E-state index contributed by atoms with van der Waals surface area (Å²) in [7, 11) is 1.36. The maximum absolute atomic E-state index is 13.8. The standard InChI is InChI=1S/C15H20F2O2/c1-8(2)14-9(3)11(7-19-14)10-5-6-12(16)13(17)15(10)18-4/h5-6,8-9,11,14H,7H2,1-4H3/t9-,11-,14+/m0/s1. The molecule has 4 heteroatoms. The highest BCUT2D eigenvalue weighted by Gasteiger charge is 2.38. The van der Waals surface area contributed by atoms with E-state index in [1.807, 2.05) is 0 Å². The molecule has 0 amide bonds. The quantitative estimate of drug-likeness (QED) is 0.833. The third kappa shape index (κ3) is 2.46. The van der Waals surface area contributed by atoms with Crippen molar-refractivity contribution in [2.75, 3.05) is 13.7 Å². The second kappa shape index (κ2) is 5.45. The molecule has 0 radical (unpaired) electrons. The Morgan fingerprint density at radius 2 is 2.00 bits per heavy atom. The van der Waals surface area contributed by atoms with Crippen molar-refractivity contribution in [3.8, 4) is 5.75 Å². The van der Waals surface area contributed by atoms with Gasteiger partial charge in [0.15, 0.2) is 11.6 Å². The zero-order chi connectivity index (χ0) is 14.2. The van der Waals surface area contributed by atoms with E-state index in [0.717, 1.165) is 6.07 Å². The number of benzene rings is 1. The Bertz CT molecular complexity index is 460. The van der Waals surface area contributed by atoms with E-state index in [0.29, 0.717) is 18.1 Å². The molecule has 1 aromatic carbocycles. The maximum atomic E-state index is 13.8. The molecule has 2 nitrogen and oxygen atoms in total. The van der Waals surface area contributed by atoms with Crippen LogP contribution in [0.4, 0.5) is 8.78 Å². The summed E-state index contributed by atoms with van der Waals surface area (Å²) >= 11 is 0. The van der Waals surface area contributed by atoms with Gasteiger partial charge in [0.05, 0.1) is 19.8 Å². The number of rotatable bonds is 3. The van der Waals surface area contributed by atoms with Gasteiger partial charge in [0.1, 0.15) is 0 Å². The minimum Gasteiger partial charge on any atom is -0.493 e. The molecule has 0 aliphatic carbocycles. The van der Waals surface area contributed by atoms with Crippen LogP contribution in [0.15, 0.2) is 12.1 Å². The van der Waals surface area contributed by atoms with Gasteiger partial charge in [-0.2, -0.15) is 4.39 Å². The molecule has 1 saturated heterocycles. The summed E-state index contributed by atoms with van der Waals surface area (Å²) in [5.41, 5.74) is 0.692. The van der Waals surface area contributed by atoms with Gasteiger partial charge in [-0.25, -0.2) is 4.39 Å². The van der Waals surface area contributed by atoms with Gasteiger partial charge < -0.3 is 9.47 Å². The Morgan fingerprint density at radius 3 is 2.53 bits per heavy atom. The van der Waals surface area contributed by atoms with Crippen molar-refractivity contribution in [1.29, 1.82) is 0 Å². The summed E-state index contributed by atoms with van der Waals surface area (Å²) in [6, 6.07) is 2.76. The third-order valence-electron chi connectivity index (χ3n) is 3.96. The summed E-state index contributed by atoms with van der Waals surface area (Å²) < 4.78 is 37.8. The molecular weight excluding hydrogens is 250 g/mol. The van der Waals surface area contributed by atoms with Gasteiger partial charge in [-0.3, -0.25) is 0 Å². The van der Waals surface area contributed by atoms with Crippen LogP contribution in [-0.2, 0) is 4.74 Å². The van der Waals surface area contributed by atoms with E-state index in [1.54, 1.807) is 6.07 Å². The Hall–Kier alpha value is -1.16. The van der Waals surface area contributed by atoms with Crippen molar-refractivity contribution in [1.82, 2.24) is 0 Å². The molecule has 1 heterocycles. The first-order valence-electron chi connectivity index (χ1n) is 6.60. The maximum Gasteiger partial charge on any atom is 0.200 e. The van der Waals surface area contributed by atoms with Crippen molar-refractivity contribution in [2.45, 2.75) is 32.8 Å². The van der Waals surface area contributed by atoms with E-state index in [4.69, 9.17) is 9.47 Å². The van der Waals surface area contributed by atoms with Gasteiger partial charge in [0.2, 0.25) is 5.82 Å². The summed E-state index contributed by atoms with van der Waals surface area (Å²) in [4.78, 5) is 0. The van der Waals surface area contributed by atoms with Crippen LogP contribution in [0.2, 0.25) is 0 Å². The van der Waals surface area contributed by atoms with Crippen LogP contribution in [0, 0.1) is 23.5 Å². The molecular formula is C15H20F2O2. The van der Waals surface area contributed by atoms with Gasteiger partial charge in [-0.1, -0.05) is 26.8 Å². The van der Waals surface area contributed by atoms with Gasteiger partial charge >= 0.3 is 0 Å². The third-order valence-corrected chi connectivity index (χ3v) is 3.96. The van der Waals surface area contributed by atoms with Crippen molar-refractivity contribution < 1.29 is 18.3 Å². The number of halogens is 2. The van der Waals surface area contributed by atoms with Crippen molar-refractivity contribution >= 4 is 0 Å². The van der Waals surface area contributed by atoms with Crippen molar-refractivity contribution in [3.05, 3.63) is 29.3 Å². The first kappa shape index (κ1) is 14.3. The molecule has 19 heavy (non-hydrogen) atoms. The topological polar surface area (TPSA) is 18.5 Å². The molecule has 1 aromatic rings. The predicted molar refractivity (Wildman–Crippen MR) is 69.4 cm³/mol. The summed E-state index contributed by atoms with van der Waals surface area (Å²) in [6.45, 7) is 6.81. The normalized spacial score (nSPS) is 27.0. The molecule has 0 N–H and O–H groups in total. The van der Waals surface area contributed by atoms with Gasteiger partial charge in [0.25, 0.3) is 0 Å². The zero-order valence-electron chi connectivity index (χ0n) is 11.7. The van der Waals surface area contributed by atoms with Gasteiger partial charge in [-0.05, 0) is 17.9 Å². The lowest BCUT2D eigenvalue weighted by atomic mass is 9.83. The molecule has 0 saturated carbocycles. The molecule has 1 fully saturated rings. The molecule has 106 valence electrons. The summed E-state index contributed by atoms with van der Waals surface area (Å²) in [6.07, 6.45) is 0.142. The van der Waals surface area contributed by atoms with E-state index in [2.05, 4.69) is 20.8 Å². The molecule has 0 spiro atoms. The van der Waals surface area contributed by atoms with Crippen LogP contribution < -0.4 is 4.74 Å². The van der Waals surface area contributed by atoms with E-state index in [1.165, 1.54) is 7.11 Å². The van der Waals surface area contributed by atoms with Crippen LogP contribution in [0.3, 0.4) is 0 Å². The van der Waals surface area contributed by atoms with Crippen molar-refractivity contribution in [2.24, 2.45) is 11.8 Å². The fraction of sp³-hybridized carbons (Fsp3) is 0.600. The Morgan fingerprint density at radius 1 is 1.32 bits per heavy atom. The molecule has 0 unspecified atom stereocenters. The first-order chi connectivity index (χ1) is 8.97. The summed E-state index contributed by atoms with van der Waals surface area (Å²) in [5, 5.41) is 0. The minimum atomic E-state index is -0.916. The Kier molecular flexibility index (Phi) is 4.09. The average Bonchev–Trinajstić information content (AvgIpc) is 2.74. The van der Waals surface area contributed by atoms with E-state index in [-0.39, 0.29) is 23.7 Å². The highest BCUT2D eigenvalue weighted by atomic mass is 19.2.